The van der Waals surface area contributed by atoms with Gasteiger partial charge in [0.05, 0.1) is 0 Å². The number of anilines is 1. The molecule has 5 heteroatoms. The number of hydrogen-bond acceptors (Lipinski definition) is 3. The smallest absolute Gasteiger partial charge is 0.408 e. The Kier molecular flexibility index (Phi) is 5.55. The molecule has 110 valence electrons. The van der Waals surface area contributed by atoms with Gasteiger partial charge in [-0.1, -0.05) is 25.1 Å². The molecule has 2 N–H and O–H groups in total. The zero-order chi connectivity index (χ0) is 15.2. The fourth-order valence-corrected chi connectivity index (χ4v) is 1.61. The summed E-state index contributed by atoms with van der Waals surface area (Å²) in [6.45, 7) is 7.20. The molecule has 1 aromatic carbocycles. The number of carbonyl (C=O) groups excluding carboxylic acids is 2. The Morgan fingerprint density at radius 3 is 2.45 bits per heavy atom. The molecule has 2 amide bonds. The summed E-state index contributed by atoms with van der Waals surface area (Å²) in [4.78, 5) is 23.2. The average molecular weight is 278 g/mol. The van der Waals surface area contributed by atoms with Gasteiger partial charge >= 0.3 is 6.09 Å². The lowest BCUT2D eigenvalue weighted by atomic mass is 10.1. The zero-order valence-corrected chi connectivity index (χ0v) is 12.4. The number of ether oxygens (including phenoxy) is 1. The fraction of sp³-hybridized carbons (Fsp3) is 0.467. The van der Waals surface area contributed by atoms with Crippen LogP contribution < -0.4 is 10.6 Å². The highest BCUT2D eigenvalue weighted by molar-refractivity contribution is 5.94. The number of alkyl carbamates (subject to hydrolysis) is 1. The third-order valence-electron chi connectivity index (χ3n) is 2.46. The van der Waals surface area contributed by atoms with Crippen LogP contribution >= 0.6 is 0 Å². The first-order valence-corrected chi connectivity index (χ1v) is 6.66. The molecule has 0 radical (unpaired) electrons. The van der Waals surface area contributed by atoms with Crippen molar-refractivity contribution >= 4 is 17.7 Å². The predicted molar refractivity (Wildman–Crippen MR) is 78.7 cm³/mol. The summed E-state index contributed by atoms with van der Waals surface area (Å²) in [5.74, 6) is -0.281. The van der Waals surface area contributed by atoms with Crippen molar-refractivity contribution in [1.29, 1.82) is 0 Å². The molecule has 1 rings (SSSR count). The Bertz CT molecular complexity index is 478. The molecular formula is C15H22N2O3. The van der Waals surface area contributed by atoms with Crippen LogP contribution in [-0.4, -0.2) is 24.1 Å². The van der Waals surface area contributed by atoms with Gasteiger partial charge in [0.1, 0.15) is 12.1 Å². The van der Waals surface area contributed by atoms with E-state index in [1.165, 1.54) is 0 Å². The number of nitrogens with one attached hydrogen (secondary N) is 2. The van der Waals surface area contributed by atoms with E-state index >= 15 is 0 Å². The van der Waals surface area contributed by atoms with Crippen molar-refractivity contribution < 1.29 is 14.3 Å². The van der Waals surface area contributed by atoms with Crippen LogP contribution in [0.5, 0.6) is 0 Å². The largest absolute Gasteiger partial charge is 0.444 e. The number of para-hydroxylation sites is 1. The third kappa shape index (κ3) is 5.73. The summed E-state index contributed by atoms with van der Waals surface area (Å²) in [5.41, 5.74) is 1.25. The highest BCUT2D eigenvalue weighted by Gasteiger charge is 2.16. The topological polar surface area (TPSA) is 67.4 Å². The molecule has 0 aliphatic heterocycles. The molecule has 20 heavy (non-hydrogen) atoms. The van der Waals surface area contributed by atoms with Gasteiger partial charge in [0.25, 0.3) is 0 Å². The summed E-state index contributed by atoms with van der Waals surface area (Å²) >= 11 is 0. The molecule has 0 aliphatic carbocycles. The van der Waals surface area contributed by atoms with Crippen molar-refractivity contribution in [2.45, 2.75) is 39.7 Å². The summed E-state index contributed by atoms with van der Waals surface area (Å²) in [7, 11) is 0. The lowest BCUT2D eigenvalue weighted by molar-refractivity contribution is -0.115. The molecule has 0 aliphatic rings. The van der Waals surface area contributed by atoms with Crippen molar-refractivity contribution in [1.82, 2.24) is 5.32 Å². The molecule has 5 nitrogen and oxygen atoms in total. The second-order valence-corrected chi connectivity index (χ2v) is 5.41. The first-order chi connectivity index (χ1) is 9.31. The minimum Gasteiger partial charge on any atom is -0.444 e. The first kappa shape index (κ1) is 16.0. The Morgan fingerprint density at radius 1 is 1.20 bits per heavy atom. The van der Waals surface area contributed by atoms with Gasteiger partial charge in [-0.25, -0.2) is 4.79 Å². The van der Waals surface area contributed by atoms with Gasteiger partial charge in [-0.15, -0.1) is 0 Å². The molecule has 0 atom stereocenters. The highest BCUT2D eigenvalue weighted by atomic mass is 16.6. The standard InChI is InChI=1S/C15H22N2O3/c1-5-11-8-6-7-9-12(11)17-13(18)10-16-14(19)20-15(2,3)4/h6-9H,5,10H2,1-4H3,(H,16,19)(H,17,18). The van der Waals surface area contributed by atoms with Gasteiger partial charge in [-0.3, -0.25) is 4.79 Å². The average Bonchev–Trinajstić information content (AvgIpc) is 2.35. The van der Waals surface area contributed by atoms with Crippen molar-refractivity contribution in [3.63, 3.8) is 0 Å². The number of carbonyl (C=O) groups is 2. The minimum atomic E-state index is -0.601. The number of hydrogen-bond donors (Lipinski definition) is 2. The SMILES string of the molecule is CCc1ccccc1NC(=O)CNC(=O)OC(C)(C)C. The normalized spacial score (nSPS) is 10.8. The maximum absolute atomic E-state index is 11.8. The van der Waals surface area contributed by atoms with Crippen LogP contribution in [0, 0.1) is 0 Å². The Hall–Kier alpha value is -2.04. The first-order valence-electron chi connectivity index (χ1n) is 6.66. The Balaban J connectivity index is 2.46. The molecule has 0 heterocycles. The number of benzene rings is 1. The van der Waals surface area contributed by atoms with E-state index in [9.17, 15) is 9.59 Å². The van der Waals surface area contributed by atoms with E-state index in [-0.39, 0.29) is 12.5 Å². The summed E-state index contributed by atoms with van der Waals surface area (Å²) in [6.07, 6.45) is 0.229. The van der Waals surface area contributed by atoms with Crippen LogP contribution in [-0.2, 0) is 16.0 Å². The van der Waals surface area contributed by atoms with E-state index in [2.05, 4.69) is 10.6 Å². The predicted octanol–water partition coefficient (Wildman–Crippen LogP) is 2.71. The van der Waals surface area contributed by atoms with Gasteiger partial charge < -0.3 is 15.4 Å². The fourth-order valence-electron chi connectivity index (χ4n) is 1.61. The second-order valence-electron chi connectivity index (χ2n) is 5.41. The quantitative estimate of drug-likeness (QED) is 0.889. The van der Waals surface area contributed by atoms with Crippen LogP contribution in [0.1, 0.15) is 33.3 Å². The third-order valence-corrected chi connectivity index (χ3v) is 2.46. The number of rotatable bonds is 4. The Morgan fingerprint density at radius 2 is 1.85 bits per heavy atom. The monoisotopic (exact) mass is 278 g/mol. The second kappa shape index (κ2) is 6.93. The lowest BCUT2D eigenvalue weighted by Gasteiger charge is -2.19. The number of aryl methyl sites for hydroxylation is 1. The van der Waals surface area contributed by atoms with E-state index in [0.29, 0.717) is 0 Å². The molecule has 0 bridgehead atoms. The molecule has 0 fully saturated rings. The van der Waals surface area contributed by atoms with Gasteiger partial charge in [-0.05, 0) is 38.8 Å². The molecule has 0 unspecified atom stereocenters. The van der Waals surface area contributed by atoms with Crippen LogP contribution in [0.2, 0.25) is 0 Å². The van der Waals surface area contributed by atoms with Gasteiger partial charge in [-0.2, -0.15) is 0 Å². The molecule has 0 saturated carbocycles. The van der Waals surface area contributed by atoms with Crippen LogP contribution in [0.3, 0.4) is 0 Å². The van der Waals surface area contributed by atoms with Gasteiger partial charge in [0.2, 0.25) is 5.91 Å². The Labute approximate surface area is 119 Å². The van der Waals surface area contributed by atoms with Crippen LogP contribution in [0.25, 0.3) is 0 Å². The van der Waals surface area contributed by atoms with E-state index < -0.39 is 11.7 Å². The number of amides is 2. The van der Waals surface area contributed by atoms with Crippen molar-refractivity contribution in [2.24, 2.45) is 0 Å². The van der Waals surface area contributed by atoms with E-state index in [4.69, 9.17) is 4.74 Å². The van der Waals surface area contributed by atoms with Gasteiger partial charge in [0.15, 0.2) is 0 Å². The molecule has 0 aromatic heterocycles. The molecular weight excluding hydrogens is 256 g/mol. The van der Waals surface area contributed by atoms with E-state index in [0.717, 1.165) is 17.7 Å². The van der Waals surface area contributed by atoms with E-state index in [1.807, 2.05) is 31.2 Å². The van der Waals surface area contributed by atoms with E-state index in [1.54, 1.807) is 20.8 Å². The van der Waals surface area contributed by atoms with Crippen LogP contribution in [0.4, 0.5) is 10.5 Å². The van der Waals surface area contributed by atoms with Crippen molar-refractivity contribution in [3.05, 3.63) is 29.8 Å². The minimum absolute atomic E-state index is 0.118. The van der Waals surface area contributed by atoms with Gasteiger partial charge in [0, 0.05) is 5.69 Å². The van der Waals surface area contributed by atoms with Crippen LogP contribution in [0.15, 0.2) is 24.3 Å². The summed E-state index contributed by atoms with van der Waals surface area (Å²) in [5, 5.41) is 5.19. The molecule has 0 saturated heterocycles. The molecule has 0 spiro atoms. The zero-order valence-electron chi connectivity index (χ0n) is 12.4. The van der Waals surface area contributed by atoms with Crippen molar-refractivity contribution in [3.8, 4) is 0 Å². The molecule has 1 aromatic rings. The summed E-state index contributed by atoms with van der Waals surface area (Å²) < 4.78 is 5.05. The summed E-state index contributed by atoms with van der Waals surface area (Å²) in [6, 6.07) is 7.57. The highest BCUT2D eigenvalue weighted by Crippen LogP contribution is 2.15. The maximum Gasteiger partial charge on any atom is 0.408 e. The lowest BCUT2D eigenvalue weighted by Crippen LogP contribution is -2.37. The van der Waals surface area contributed by atoms with Crippen molar-refractivity contribution in [2.75, 3.05) is 11.9 Å². The maximum atomic E-state index is 11.8.